The van der Waals surface area contributed by atoms with Gasteiger partial charge >= 0.3 is 5.97 Å². The molecule has 27 heavy (non-hydrogen) atoms. The molecular formula is C22H22INO3. The Hall–Kier alpha value is -2.41. The highest BCUT2D eigenvalue weighted by Gasteiger charge is 2.39. The lowest BCUT2D eigenvalue weighted by Crippen LogP contribution is -3.00. The monoisotopic (exact) mass is 475 g/mol. The minimum absolute atomic E-state index is 0. The van der Waals surface area contributed by atoms with Crippen molar-refractivity contribution < 1.29 is 43.2 Å². The second-order valence-corrected chi connectivity index (χ2v) is 6.38. The molecule has 140 valence electrons. The van der Waals surface area contributed by atoms with E-state index in [9.17, 15) is 9.90 Å². The van der Waals surface area contributed by atoms with Gasteiger partial charge in [-0.25, -0.2) is 0 Å². The van der Waals surface area contributed by atoms with Crippen LogP contribution in [0.25, 0.3) is 0 Å². The smallest absolute Gasteiger partial charge is 0.321 e. The van der Waals surface area contributed by atoms with Gasteiger partial charge in [0.2, 0.25) is 0 Å². The molecule has 0 radical (unpaired) electrons. The van der Waals surface area contributed by atoms with Crippen LogP contribution in [0.4, 0.5) is 0 Å². The summed E-state index contributed by atoms with van der Waals surface area (Å²) in [5, 5.41) is 10.0. The Labute approximate surface area is 176 Å². The van der Waals surface area contributed by atoms with Gasteiger partial charge in [-0.05, 0) is 24.1 Å². The highest BCUT2D eigenvalue weighted by molar-refractivity contribution is 5.87. The molecule has 0 aliphatic heterocycles. The van der Waals surface area contributed by atoms with Crippen LogP contribution in [0.5, 0.6) is 5.75 Å². The maximum atomic E-state index is 13.1. The summed E-state index contributed by atoms with van der Waals surface area (Å²) in [5.74, 6) is -0.262. The first-order valence-electron chi connectivity index (χ1n) is 8.48. The summed E-state index contributed by atoms with van der Waals surface area (Å²) in [7, 11) is 1.80. The molecule has 4 nitrogen and oxygen atoms in total. The number of nitrogens with zero attached hydrogens (tertiary/aromatic N) is 1. The molecule has 2 aromatic carbocycles. The molecule has 0 amide bonds. The first-order valence-corrected chi connectivity index (χ1v) is 8.48. The van der Waals surface area contributed by atoms with Gasteiger partial charge in [0.25, 0.3) is 5.69 Å². The van der Waals surface area contributed by atoms with Gasteiger partial charge in [0.15, 0.2) is 18.6 Å². The Balaban J connectivity index is 0.00000261. The predicted octanol–water partition coefficient (Wildman–Crippen LogP) is 0.270. The second-order valence-electron chi connectivity index (χ2n) is 6.38. The minimum atomic E-state index is -0.939. The van der Waals surface area contributed by atoms with Crippen LogP contribution in [0.2, 0.25) is 0 Å². The van der Waals surface area contributed by atoms with Crippen molar-refractivity contribution in [2.75, 3.05) is 0 Å². The number of aromatic nitrogens is 1. The normalized spacial score (nSPS) is 10.7. The van der Waals surface area contributed by atoms with Crippen molar-refractivity contribution in [1.29, 1.82) is 0 Å². The number of hydrogen-bond donors (Lipinski definition) is 1. The van der Waals surface area contributed by atoms with E-state index < -0.39 is 5.41 Å². The molecule has 0 aliphatic rings. The van der Waals surface area contributed by atoms with Crippen LogP contribution in [-0.4, -0.2) is 11.1 Å². The summed E-state index contributed by atoms with van der Waals surface area (Å²) in [6, 6.07) is 22.5. The Bertz CT molecular complexity index is 838. The molecule has 0 spiro atoms. The molecule has 1 heterocycles. The number of rotatable bonds is 5. The van der Waals surface area contributed by atoms with E-state index in [4.69, 9.17) is 4.74 Å². The first kappa shape index (κ1) is 20.9. The average Bonchev–Trinajstić information content (AvgIpc) is 2.68. The van der Waals surface area contributed by atoms with Gasteiger partial charge in [0.05, 0.1) is 0 Å². The standard InChI is InChI=1S/C22H21NO3.HI/c1-22(17-10-5-3-6-11-17,18-12-7-4-8-13-18)21(25)26-16-19-20(24)14-9-15-23(19)2;/h3-15H,16H2,1-2H3;1H. The molecule has 1 aromatic heterocycles. The summed E-state index contributed by atoms with van der Waals surface area (Å²) < 4.78 is 7.39. The van der Waals surface area contributed by atoms with Crippen molar-refractivity contribution >= 4 is 5.97 Å². The summed E-state index contributed by atoms with van der Waals surface area (Å²) in [5.41, 5.74) is 1.32. The zero-order valence-electron chi connectivity index (χ0n) is 15.3. The summed E-state index contributed by atoms with van der Waals surface area (Å²) >= 11 is 0. The summed E-state index contributed by atoms with van der Waals surface area (Å²) in [6.07, 6.45) is 1.80. The number of carbonyl (C=O) groups excluding carboxylic acids is 1. The quantitative estimate of drug-likeness (QED) is 0.328. The van der Waals surface area contributed by atoms with Gasteiger partial charge in [-0.3, -0.25) is 4.79 Å². The number of ether oxygens (including phenoxy) is 1. The molecular weight excluding hydrogens is 453 g/mol. The molecule has 0 aliphatic carbocycles. The van der Waals surface area contributed by atoms with Crippen molar-refractivity contribution in [2.45, 2.75) is 18.9 Å². The third kappa shape index (κ3) is 4.30. The molecule has 3 aromatic rings. The molecule has 0 saturated heterocycles. The number of aromatic hydroxyl groups is 1. The topological polar surface area (TPSA) is 50.4 Å². The molecule has 1 N–H and O–H groups in total. The lowest BCUT2D eigenvalue weighted by atomic mass is 9.76. The van der Waals surface area contributed by atoms with Crippen molar-refractivity contribution in [1.82, 2.24) is 0 Å². The molecule has 0 bridgehead atoms. The van der Waals surface area contributed by atoms with Crippen LogP contribution < -0.4 is 28.5 Å². The molecule has 0 atom stereocenters. The van der Waals surface area contributed by atoms with E-state index in [0.717, 1.165) is 11.1 Å². The SMILES string of the molecule is C[n+]1cccc(O)c1COC(=O)C(C)(c1ccccc1)c1ccccc1.[I-]. The molecule has 0 fully saturated rings. The van der Waals surface area contributed by atoms with E-state index >= 15 is 0 Å². The molecule has 0 unspecified atom stereocenters. The van der Waals surface area contributed by atoms with E-state index in [1.165, 1.54) is 0 Å². The Morgan fingerprint density at radius 2 is 1.48 bits per heavy atom. The zero-order chi connectivity index (χ0) is 18.6. The first-order chi connectivity index (χ1) is 12.5. The van der Waals surface area contributed by atoms with E-state index in [1.54, 1.807) is 29.9 Å². The van der Waals surface area contributed by atoms with Gasteiger partial charge in [-0.1, -0.05) is 60.7 Å². The largest absolute Gasteiger partial charge is 1.00 e. The maximum Gasteiger partial charge on any atom is 0.321 e. The van der Waals surface area contributed by atoms with Crippen LogP contribution in [-0.2, 0) is 28.6 Å². The predicted molar refractivity (Wildman–Crippen MR) is 98.4 cm³/mol. The van der Waals surface area contributed by atoms with Crippen LogP contribution in [0.3, 0.4) is 0 Å². The fourth-order valence-corrected chi connectivity index (χ4v) is 3.03. The second kappa shape index (κ2) is 8.99. The number of benzene rings is 2. The van der Waals surface area contributed by atoms with Gasteiger partial charge in [-0.2, -0.15) is 4.57 Å². The van der Waals surface area contributed by atoms with Crippen LogP contribution in [0.1, 0.15) is 23.7 Å². The third-order valence-electron chi connectivity index (χ3n) is 4.74. The van der Waals surface area contributed by atoms with E-state index in [-0.39, 0.29) is 42.3 Å². The Morgan fingerprint density at radius 3 is 1.96 bits per heavy atom. The van der Waals surface area contributed by atoms with Crippen LogP contribution in [0.15, 0.2) is 79.0 Å². The molecule has 3 rings (SSSR count). The van der Waals surface area contributed by atoms with Crippen molar-refractivity contribution in [2.24, 2.45) is 7.05 Å². The number of halogens is 1. The summed E-state index contributed by atoms with van der Waals surface area (Å²) in [6.45, 7) is 1.86. The van der Waals surface area contributed by atoms with Crippen molar-refractivity contribution in [3.63, 3.8) is 0 Å². The lowest BCUT2D eigenvalue weighted by Gasteiger charge is -2.28. The Morgan fingerprint density at radius 1 is 0.963 bits per heavy atom. The van der Waals surface area contributed by atoms with Crippen molar-refractivity contribution in [3.8, 4) is 5.75 Å². The highest BCUT2D eigenvalue weighted by Crippen LogP contribution is 2.33. The number of pyridine rings is 1. The van der Waals surface area contributed by atoms with Gasteiger partial charge in [0, 0.05) is 6.07 Å². The summed E-state index contributed by atoms with van der Waals surface area (Å²) in [4.78, 5) is 13.1. The fraction of sp³-hybridized carbons (Fsp3) is 0.182. The van der Waals surface area contributed by atoms with Crippen molar-refractivity contribution in [3.05, 3.63) is 95.8 Å². The minimum Gasteiger partial charge on any atom is -1.00 e. The molecule has 5 heteroatoms. The van der Waals surface area contributed by atoms with Gasteiger partial charge < -0.3 is 33.8 Å². The van der Waals surface area contributed by atoms with E-state index in [0.29, 0.717) is 5.69 Å². The highest BCUT2D eigenvalue weighted by atomic mass is 127. The average molecular weight is 475 g/mol. The zero-order valence-corrected chi connectivity index (χ0v) is 17.5. The van der Waals surface area contributed by atoms with Crippen LogP contribution in [0, 0.1) is 0 Å². The third-order valence-corrected chi connectivity index (χ3v) is 4.74. The molecule has 0 saturated carbocycles. The fourth-order valence-electron chi connectivity index (χ4n) is 3.03. The van der Waals surface area contributed by atoms with Gasteiger partial charge in [-0.15, -0.1) is 0 Å². The number of esters is 1. The van der Waals surface area contributed by atoms with E-state index in [2.05, 4.69) is 0 Å². The number of hydrogen-bond acceptors (Lipinski definition) is 3. The maximum absolute atomic E-state index is 13.1. The Kier molecular flexibility index (Phi) is 6.96. The number of carbonyl (C=O) groups is 1. The lowest BCUT2D eigenvalue weighted by molar-refractivity contribution is -0.681. The van der Waals surface area contributed by atoms with Gasteiger partial charge in [0.1, 0.15) is 12.5 Å². The van der Waals surface area contributed by atoms with Crippen LogP contribution >= 0.6 is 0 Å². The number of aryl methyl sites for hydroxylation is 1. The van der Waals surface area contributed by atoms with E-state index in [1.807, 2.05) is 67.6 Å².